The van der Waals surface area contributed by atoms with Crippen LogP contribution in [0.15, 0.2) is 21.6 Å². The molecule has 54 valence electrons. The Labute approximate surface area is 72.8 Å². The molecule has 0 saturated carbocycles. The maximum atomic E-state index is 2.31. The van der Waals surface area contributed by atoms with E-state index in [2.05, 4.69) is 27.9 Å². The standard InChI is InChI=1S/C7H10NSe2/c1-8(2)5-3-7-4-6-9-10-7/h3-6H,1-2H3/q+1/b7-3-. The predicted octanol–water partition coefficient (Wildman–Crippen LogP) is 0.0639. The topological polar surface area (TPSA) is 3.01 Å². The van der Waals surface area contributed by atoms with Gasteiger partial charge in [-0.25, -0.2) is 0 Å². The molecule has 10 heavy (non-hydrogen) atoms. The van der Waals surface area contributed by atoms with Gasteiger partial charge in [-0.05, 0) is 0 Å². The monoisotopic (exact) mass is 268 g/mol. The van der Waals surface area contributed by atoms with Gasteiger partial charge in [-0.15, -0.1) is 0 Å². The molecule has 0 atom stereocenters. The van der Waals surface area contributed by atoms with Gasteiger partial charge in [-0.1, -0.05) is 0 Å². The number of allylic oxidation sites excluding steroid dienone is 3. The summed E-state index contributed by atoms with van der Waals surface area (Å²) in [5.74, 6) is 0. The van der Waals surface area contributed by atoms with Crippen LogP contribution >= 0.6 is 0 Å². The van der Waals surface area contributed by atoms with Crippen LogP contribution in [0.1, 0.15) is 0 Å². The van der Waals surface area contributed by atoms with Crippen molar-refractivity contribution in [2.75, 3.05) is 14.1 Å². The molecule has 1 aliphatic heterocycles. The van der Waals surface area contributed by atoms with Crippen molar-refractivity contribution in [1.82, 2.24) is 0 Å². The number of hydrogen-bond acceptors (Lipinski definition) is 0. The van der Waals surface area contributed by atoms with Gasteiger partial charge < -0.3 is 0 Å². The van der Waals surface area contributed by atoms with Crippen LogP contribution in [0.2, 0.25) is 0 Å². The first-order valence-corrected chi connectivity index (χ1v) is 9.18. The molecule has 1 heterocycles. The molecule has 0 saturated heterocycles. The van der Waals surface area contributed by atoms with Crippen molar-refractivity contribution in [1.29, 1.82) is 0 Å². The summed E-state index contributed by atoms with van der Waals surface area (Å²) in [5, 5.41) is 0. The molecule has 0 bridgehead atoms. The minimum absolute atomic E-state index is 0.777. The van der Waals surface area contributed by atoms with Crippen LogP contribution in [-0.2, 0) is 0 Å². The van der Waals surface area contributed by atoms with Crippen LogP contribution in [0.25, 0.3) is 0 Å². The van der Waals surface area contributed by atoms with E-state index in [1.165, 1.54) is 4.47 Å². The normalized spacial score (nSPS) is 20.0. The van der Waals surface area contributed by atoms with E-state index in [9.17, 15) is 0 Å². The quantitative estimate of drug-likeness (QED) is 0.359. The first-order valence-electron chi connectivity index (χ1n) is 3.00. The summed E-state index contributed by atoms with van der Waals surface area (Å²) in [6, 6.07) is 0. The van der Waals surface area contributed by atoms with Gasteiger partial charge in [0.1, 0.15) is 0 Å². The molecule has 0 fully saturated rings. The van der Waals surface area contributed by atoms with E-state index in [0.29, 0.717) is 0 Å². The van der Waals surface area contributed by atoms with Crippen molar-refractivity contribution in [3.63, 3.8) is 0 Å². The Morgan fingerprint density at radius 1 is 1.50 bits per heavy atom. The van der Waals surface area contributed by atoms with E-state index in [4.69, 9.17) is 0 Å². The molecular formula is C7H10NSe2+. The van der Waals surface area contributed by atoms with Crippen molar-refractivity contribution in [3.8, 4) is 0 Å². The molecule has 0 spiro atoms. The number of nitrogens with zero attached hydrogens (tertiary/aromatic N) is 1. The summed E-state index contributed by atoms with van der Waals surface area (Å²) in [7, 11) is 4.10. The Morgan fingerprint density at radius 2 is 2.30 bits per heavy atom. The van der Waals surface area contributed by atoms with E-state index >= 15 is 0 Å². The summed E-state index contributed by atoms with van der Waals surface area (Å²) < 4.78 is 3.60. The van der Waals surface area contributed by atoms with Crippen molar-refractivity contribution in [2.45, 2.75) is 0 Å². The molecule has 1 nitrogen and oxygen atoms in total. The molecule has 0 unspecified atom stereocenters. The molecule has 0 aromatic heterocycles. The van der Waals surface area contributed by atoms with Crippen LogP contribution in [0.3, 0.4) is 0 Å². The Hall–Kier alpha value is 0.189. The maximum absolute atomic E-state index is 2.31. The molecule has 0 N–H and O–H groups in total. The zero-order valence-electron chi connectivity index (χ0n) is 6.07. The van der Waals surface area contributed by atoms with Crippen molar-refractivity contribution >= 4 is 32.5 Å². The van der Waals surface area contributed by atoms with Gasteiger partial charge in [0.15, 0.2) is 0 Å². The molecule has 0 aliphatic carbocycles. The van der Waals surface area contributed by atoms with Crippen LogP contribution in [0, 0.1) is 0 Å². The van der Waals surface area contributed by atoms with Crippen molar-refractivity contribution in [2.24, 2.45) is 0 Å². The summed E-state index contributed by atoms with van der Waals surface area (Å²) in [6.07, 6.45) is 6.58. The van der Waals surface area contributed by atoms with Gasteiger partial charge in [0.05, 0.1) is 0 Å². The fourth-order valence-electron chi connectivity index (χ4n) is 0.512. The van der Waals surface area contributed by atoms with Crippen LogP contribution in [0.4, 0.5) is 0 Å². The van der Waals surface area contributed by atoms with E-state index in [1.807, 2.05) is 14.1 Å². The van der Waals surface area contributed by atoms with Gasteiger partial charge >= 0.3 is 72.7 Å². The summed E-state index contributed by atoms with van der Waals surface area (Å²) >= 11 is 1.58. The second-order valence-electron chi connectivity index (χ2n) is 2.16. The fourth-order valence-corrected chi connectivity index (χ4v) is 5.86. The van der Waals surface area contributed by atoms with Gasteiger partial charge in [0.25, 0.3) is 0 Å². The minimum atomic E-state index is 0.777. The van der Waals surface area contributed by atoms with E-state index in [0.717, 1.165) is 26.3 Å². The Bertz CT molecular complexity index is 200. The average molecular weight is 266 g/mol. The third-order valence-corrected chi connectivity index (χ3v) is 7.02. The molecule has 0 amide bonds. The SMILES string of the molecule is C[N+](C)=C/C=C1/C=C[Se][Se]1. The van der Waals surface area contributed by atoms with Crippen LogP contribution < -0.4 is 0 Å². The third-order valence-electron chi connectivity index (χ3n) is 0.969. The van der Waals surface area contributed by atoms with Gasteiger partial charge in [0, 0.05) is 0 Å². The first kappa shape index (κ1) is 8.29. The Kier molecular flexibility index (Phi) is 3.44. The zero-order chi connectivity index (χ0) is 7.40. The summed E-state index contributed by atoms with van der Waals surface area (Å²) in [5.41, 5.74) is 0. The zero-order valence-corrected chi connectivity index (χ0v) is 9.50. The van der Waals surface area contributed by atoms with Crippen LogP contribution in [0.5, 0.6) is 0 Å². The van der Waals surface area contributed by atoms with Crippen molar-refractivity contribution in [3.05, 3.63) is 21.6 Å². The Morgan fingerprint density at radius 3 is 2.80 bits per heavy atom. The number of hydrogen-bond donors (Lipinski definition) is 0. The summed E-state index contributed by atoms with van der Waals surface area (Å²) in [6.45, 7) is 0. The second kappa shape index (κ2) is 4.15. The average Bonchev–Trinajstić information content (AvgIpc) is 2.34. The molecule has 1 rings (SSSR count). The van der Waals surface area contributed by atoms with E-state index in [-0.39, 0.29) is 0 Å². The second-order valence-corrected chi connectivity index (χ2v) is 8.39. The van der Waals surface area contributed by atoms with Crippen molar-refractivity contribution < 1.29 is 4.58 Å². The van der Waals surface area contributed by atoms with E-state index in [1.54, 1.807) is 0 Å². The molecular weight excluding hydrogens is 256 g/mol. The molecule has 3 heteroatoms. The third kappa shape index (κ3) is 2.85. The van der Waals surface area contributed by atoms with Gasteiger partial charge in [-0.2, -0.15) is 0 Å². The molecule has 0 aromatic rings. The van der Waals surface area contributed by atoms with Gasteiger partial charge in [0.2, 0.25) is 0 Å². The summed E-state index contributed by atoms with van der Waals surface area (Å²) in [4.78, 5) is 2.31. The molecule has 0 aromatic carbocycles. The predicted molar refractivity (Wildman–Crippen MR) is 46.9 cm³/mol. The fraction of sp³-hybridized carbons (Fsp3) is 0.286. The molecule has 0 radical (unpaired) electrons. The number of rotatable bonds is 1. The van der Waals surface area contributed by atoms with Crippen LogP contribution in [-0.4, -0.2) is 51.1 Å². The van der Waals surface area contributed by atoms with Gasteiger partial charge in [-0.3, -0.25) is 0 Å². The Balaban J connectivity index is 2.55. The van der Waals surface area contributed by atoms with E-state index < -0.39 is 0 Å². The molecule has 1 aliphatic rings. The first-order chi connectivity index (χ1) is 4.79.